The normalized spacial score (nSPS) is 10.1. The molecule has 5 nitrogen and oxygen atoms in total. The second-order valence-corrected chi connectivity index (χ2v) is 5.42. The van der Waals surface area contributed by atoms with Gasteiger partial charge in [0, 0.05) is 17.3 Å². The Hall–Kier alpha value is -2.34. The fourth-order valence-corrected chi connectivity index (χ4v) is 2.40. The lowest BCUT2D eigenvalue weighted by molar-refractivity contribution is -0.113. The van der Waals surface area contributed by atoms with Gasteiger partial charge in [0.1, 0.15) is 0 Å². The Bertz CT molecular complexity index is 659. The molecular formula is C15H14N2O3S. The Morgan fingerprint density at radius 1 is 1.24 bits per heavy atom. The zero-order valence-corrected chi connectivity index (χ0v) is 12.2. The molecule has 0 fully saturated rings. The molecule has 1 aromatic heterocycles. The number of benzene rings is 1. The monoisotopic (exact) mass is 302 g/mol. The Morgan fingerprint density at radius 2 is 1.95 bits per heavy atom. The fraction of sp³-hybridized carbons (Fsp3) is 0.133. The minimum absolute atomic E-state index is 0.0947. The van der Waals surface area contributed by atoms with Gasteiger partial charge in [0.05, 0.1) is 17.0 Å². The van der Waals surface area contributed by atoms with Gasteiger partial charge >= 0.3 is 5.97 Å². The van der Waals surface area contributed by atoms with Crippen LogP contribution in [0.1, 0.15) is 15.9 Å². The average Bonchev–Trinajstić information content (AvgIpc) is 2.48. The number of rotatable bonds is 5. The molecule has 0 atom stereocenters. The molecule has 6 heteroatoms. The standard InChI is InChI=1S/C15H14N2O3S/c1-10-2-3-13(12(8-10)15(19)20)17-14(18)9-21-11-4-6-16-7-5-11/h2-8H,9H2,1H3,(H,17,18)(H,19,20). The molecule has 108 valence electrons. The number of carbonyl (C=O) groups is 2. The van der Waals surface area contributed by atoms with Crippen molar-refractivity contribution >= 4 is 29.3 Å². The molecule has 0 aliphatic heterocycles. The van der Waals surface area contributed by atoms with E-state index >= 15 is 0 Å². The van der Waals surface area contributed by atoms with E-state index in [-0.39, 0.29) is 17.2 Å². The molecule has 1 heterocycles. The minimum atomic E-state index is -1.06. The van der Waals surface area contributed by atoms with Crippen LogP contribution < -0.4 is 5.32 Å². The number of pyridine rings is 1. The van der Waals surface area contributed by atoms with Gasteiger partial charge in [0.25, 0.3) is 0 Å². The molecule has 0 saturated heterocycles. The number of carboxylic acid groups (broad SMARTS) is 1. The van der Waals surface area contributed by atoms with Gasteiger partial charge in [-0.3, -0.25) is 9.78 Å². The molecule has 21 heavy (non-hydrogen) atoms. The number of aromatic carboxylic acids is 1. The van der Waals surface area contributed by atoms with Crippen LogP contribution >= 0.6 is 11.8 Å². The Morgan fingerprint density at radius 3 is 2.62 bits per heavy atom. The highest BCUT2D eigenvalue weighted by atomic mass is 32.2. The molecular weight excluding hydrogens is 288 g/mol. The number of carboxylic acids is 1. The average molecular weight is 302 g/mol. The SMILES string of the molecule is Cc1ccc(NC(=O)CSc2ccncc2)c(C(=O)O)c1. The van der Waals surface area contributed by atoms with E-state index in [1.165, 1.54) is 17.8 Å². The number of aromatic nitrogens is 1. The summed E-state index contributed by atoms with van der Waals surface area (Å²) in [5, 5.41) is 11.8. The number of nitrogens with one attached hydrogen (secondary N) is 1. The van der Waals surface area contributed by atoms with Gasteiger partial charge in [-0.15, -0.1) is 11.8 Å². The van der Waals surface area contributed by atoms with Crippen LogP contribution in [-0.2, 0) is 4.79 Å². The van der Waals surface area contributed by atoms with Gasteiger partial charge in [0.15, 0.2) is 0 Å². The molecule has 0 unspecified atom stereocenters. The first-order valence-electron chi connectivity index (χ1n) is 6.23. The summed E-state index contributed by atoms with van der Waals surface area (Å²) < 4.78 is 0. The van der Waals surface area contributed by atoms with Crippen molar-refractivity contribution in [3.63, 3.8) is 0 Å². The molecule has 0 spiro atoms. The van der Waals surface area contributed by atoms with Crippen molar-refractivity contribution in [1.29, 1.82) is 0 Å². The highest BCUT2D eigenvalue weighted by molar-refractivity contribution is 8.00. The first-order valence-corrected chi connectivity index (χ1v) is 7.21. The Kier molecular flexibility index (Phi) is 4.94. The van der Waals surface area contributed by atoms with Crippen molar-refractivity contribution in [3.05, 3.63) is 53.9 Å². The lowest BCUT2D eigenvalue weighted by Crippen LogP contribution is -2.16. The second kappa shape index (κ2) is 6.90. The summed E-state index contributed by atoms with van der Waals surface area (Å²) in [7, 11) is 0. The topological polar surface area (TPSA) is 79.3 Å². The maximum absolute atomic E-state index is 11.9. The molecule has 0 aliphatic rings. The lowest BCUT2D eigenvalue weighted by atomic mass is 10.1. The maximum atomic E-state index is 11.9. The number of amides is 1. The van der Waals surface area contributed by atoms with E-state index in [1.54, 1.807) is 31.5 Å². The van der Waals surface area contributed by atoms with Crippen molar-refractivity contribution in [1.82, 2.24) is 4.98 Å². The zero-order chi connectivity index (χ0) is 15.2. The van der Waals surface area contributed by atoms with Crippen molar-refractivity contribution in [2.24, 2.45) is 0 Å². The van der Waals surface area contributed by atoms with Crippen LogP contribution in [0.3, 0.4) is 0 Å². The molecule has 1 aromatic carbocycles. The van der Waals surface area contributed by atoms with Crippen molar-refractivity contribution in [2.45, 2.75) is 11.8 Å². The molecule has 2 N–H and O–H groups in total. The number of nitrogens with zero attached hydrogens (tertiary/aromatic N) is 1. The largest absolute Gasteiger partial charge is 0.478 e. The molecule has 2 aromatic rings. The number of hydrogen-bond acceptors (Lipinski definition) is 4. The van der Waals surface area contributed by atoms with Crippen LogP contribution in [0, 0.1) is 6.92 Å². The van der Waals surface area contributed by atoms with Crippen LogP contribution in [0.2, 0.25) is 0 Å². The predicted octanol–water partition coefficient (Wildman–Crippen LogP) is 2.82. The smallest absolute Gasteiger partial charge is 0.337 e. The van der Waals surface area contributed by atoms with Crippen molar-refractivity contribution in [2.75, 3.05) is 11.1 Å². The summed E-state index contributed by atoms with van der Waals surface area (Å²) in [4.78, 5) is 27.9. The van der Waals surface area contributed by atoms with Gasteiger partial charge < -0.3 is 10.4 Å². The summed E-state index contributed by atoms with van der Waals surface area (Å²) in [6.45, 7) is 1.80. The van der Waals surface area contributed by atoms with Gasteiger partial charge in [-0.1, -0.05) is 11.6 Å². The fourth-order valence-electron chi connectivity index (χ4n) is 1.71. The van der Waals surface area contributed by atoms with Crippen LogP contribution in [0.25, 0.3) is 0 Å². The predicted molar refractivity (Wildman–Crippen MR) is 81.7 cm³/mol. The van der Waals surface area contributed by atoms with Crippen LogP contribution in [0.4, 0.5) is 5.69 Å². The quantitative estimate of drug-likeness (QED) is 0.830. The summed E-state index contributed by atoms with van der Waals surface area (Å²) in [5.74, 6) is -1.10. The number of anilines is 1. The third kappa shape index (κ3) is 4.32. The minimum Gasteiger partial charge on any atom is -0.478 e. The number of hydrogen-bond donors (Lipinski definition) is 2. The molecule has 0 bridgehead atoms. The van der Waals surface area contributed by atoms with Crippen molar-refractivity contribution in [3.8, 4) is 0 Å². The summed E-state index contributed by atoms with van der Waals surface area (Å²) >= 11 is 1.37. The summed E-state index contributed by atoms with van der Waals surface area (Å²) in [5.41, 5.74) is 1.24. The van der Waals surface area contributed by atoms with Gasteiger partial charge in [-0.25, -0.2) is 4.79 Å². The van der Waals surface area contributed by atoms with E-state index < -0.39 is 5.97 Å². The number of thioether (sulfide) groups is 1. The van der Waals surface area contributed by atoms with Crippen LogP contribution in [-0.4, -0.2) is 27.7 Å². The van der Waals surface area contributed by atoms with Gasteiger partial charge in [-0.05, 0) is 31.2 Å². The van der Waals surface area contributed by atoms with E-state index in [1.807, 2.05) is 12.1 Å². The molecule has 0 radical (unpaired) electrons. The Labute approximate surface area is 126 Å². The van der Waals surface area contributed by atoms with E-state index in [0.29, 0.717) is 5.69 Å². The zero-order valence-electron chi connectivity index (χ0n) is 11.4. The first kappa shape index (κ1) is 15.1. The third-order valence-corrected chi connectivity index (χ3v) is 3.71. The third-order valence-electron chi connectivity index (χ3n) is 2.70. The summed E-state index contributed by atoms with van der Waals surface area (Å²) in [6, 6.07) is 8.53. The van der Waals surface area contributed by atoms with E-state index in [2.05, 4.69) is 10.3 Å². The highest BCUT2D eigenvalue weighted by Crippen LogP contribution is 2.20. The van der Waals surface area contributed by atoms with Crippen LogP contribution in [0.5, 0.6) is 0 Å². The van der Waals surface area contributed by atoms with E-state index in [4.69, 9.17) is 5.11 Å². The molecule has 1 amide bonds. The van der Waals surface area contributed by atoms with Gasteiger partial charge in [-0.2, -0.15) is 0 Å². The first-order chi connectivity index (χ1) is 10.1. The van der Waals surface area contributed by atoms with E-state index in [0.717, 1.165) is 10.5 Å². The molecule has 0 saturated carbocycles. The molecule has 0 aliphatic carbocycles. The van der Waals surface area contributed by atoms with Crippen LogP contribution in [0.15, 0.2) is 47.6 Å². The number of aryl methyl sites for hydroxylation is 1. The lowest BCUT2D eigenvalue weighted by Gasteiger charge is -2.09. The van der Waals surface area contributed by atoms with E-state index in [9.17, 15) is 9.59 Å². The van der Waals surface area contributed by atoms with Gasteiger partial charge in [0.2, 0.25) is 5.91 Å². The van der Waals surface area contributed by atoms with Crippen molar-refractivity contribution < 1.29 is 14.7 Å². The Balaban J connectivity index is 2.01. The highest BCUT2D eigenvalue weighted by Gasteiger charge is 2.12. The summed E-state index contributed by atoms with van der Waals surface area (Å²) in [6.07, 6.45) is 3.31. The molecule has 2 rings (SSSR count). The number of carbonyl (C=O) groups excluding carboxylic acids is 1. The maximum Gasteiger partial charge on any atom is 0.337 e. The second-order valence-electron chi connectivity index (χ2n) is 4.37.